The molecule has 0 saturated heterocycles. The lowest BCUT2D eigenvalue weighted by atomic mass is 10.2. The Morgan fingerprint density at radius 1 is 1.30 bits per heavy atom. The van der Waals surface area contributed by atoms with Crippen LogP contribution in [0.2, 0.25) is 0 Å². The quantitative estimate of drug-likeness (QED) is 0.726. The van der Waals surface area contributed by atoms with Crippen LogP contribution >= 0.6 is 24.8 Å². The van der Waals surface area contributed by atoms with Gasteiger partial charge in [-0.1, -0.05) is 6.07 Å². The fraction of sp³-hybridized carbons (Fsp3) is 0.533. The molecule has 0 heterocycles. The first kappa shape index (κ1) is 24.0. The summed E-state index contributed by atoms with van der Waals surface area (Å²) in [6, 6.07) is 5.09. The number of carbonyl (C=O) groups excluding carboxylic acids is 1. The number of methoxy groups -OCH3 is 1. The summed E-state index contributed by atoms with van der Waals surface area (Å²) in [4.78, 5) is 13.5. The van der Waals surface area contributed by atoms with Crippen LogP contribution in [-0.2, 0) is 11.3 Å². The van der Waals surface area contributed by atoms with Crippen LogP contribution in [0.15, 0.2) is 18.2 Å². The first-order chi connectivity index (χ1) is 9.93. The lowest BCUT2D eigenvalue weighted by molar-refractivity contribution is -0.122. The summed E-state index contributed by atoms with van der Waals surface area (Å²) in [7, 11) is 5.58. The maximum absolute atomic E-state index is 11.4. The molecule has 134 valence electrons. The Bertz CT molecular complexity index is 471. The Labute approximate surface area is 150 Å². The van der Waals surface area contributed by atoms with Gasteiger partial charge in [0.1, 0.15) is 6.61 Å². The highest BCUT2D eigenvalue weighted by molar-refractivity contribution is 5.85. The van der Waals surface area contributed by atoms with Gasteiger partial charge in [0.2, 0.25) is 5.91 Å². The lowest BCUT2D eigenvalue weighted by Gasteiger charge is -2.15. The predicted molar refractivity (Wildman–Crippen MR) is 97.0 cm³/mol. The van der Waals surface area contributed by atoms with E-state index in [0.29, 0.717) is 24.7 Å². The largest absolute Gasteiger partial charge is 0.493 e. The molecule has 1 rings (SSSR count). The fourth-order valence-corrected chi connectivity index (χ4v) is 1.63. The van der Waals surface area contributed by atoms with Crippen molar-refractivity contribution >= 4 is 30.7 Å². The molecule has 6 nitrogen and oxygen atoms in total. The van der Waals surface area contributed by atoms with Gasteiger partial charge in [0.25, 0.3) is 0 Å². The third-order valence-corrected chi connectivity index (χ3v) is 2.90. The Morgan fingerprint density at radius 3 is 2.48 bits per heavy atom. The molecule has 1 amide bonds. The fourth-order valence-electron chi connectivity index (χ4n) is 1.63. The van der Waals surface area contributed by atoms with E-state index in [0.717, 1.165) is 12.1 Å². The number of halogens is 2. The van der Waals surface area contributed by atoms with Crippen LogP contribution in [-0.4, -0.2) is 51.2 Å². The molecule has 0 bridgehead atoms. The number of carbonyl (C=O) groups is 1. The maximum atomic E-state index is 11.4. The third kappa shape index (κ3) is 8.86. The van der Waals surface area contributed by atoms with Crippen molar-refractivity contribution < 1.29 is 14.3 Å². The molecular formula is C15H27Cl2N3O3. The second-order valence-electron chi connectivity index (χ2n) is 5.14. The highest BCUT2D eigenvalue weighted by atomic mass is 35.5. The number of rotatable bonds is 8. The number of benzene rings is 1. The third-order valence-electron chi connectivity index (χ3n) is 2.90. The average Bonchev–Trinajstić information content (AvgIpc) is 2.44. The molecule has 0 saturated carbocycles. The molecule has 1 atom stereocenters. The van der Waals surface area contributed by atoms with Gasteiger partial charge < -0.3 is 25.4 Å². The molecule has 0 unspecified atom stereocenters. The van der Waals surface area contributed by atoms with Crippen molar-refractivity contribution in [3.8, 4) is 11.5 Å². The van der Waals surface area contributed by atoms with Gasteiger partial charge >= 0.3 is 0 Å². The Kier molecular flexibility index (Phi) is 12.8. The van der Waals surface area contributed by atoms with Gasteiger partial charge in [-0.15, -0.1) is 24.8 Å². The Hall–Kier alpha value is -1.21. The van der Waals surface area contributed by atoms with Crippen LogP contribution in [0.25, 0.3) is 0 Å². The number of likely N-dealkylation sites (N-methyl/N-ethyl adjacent to an activating group) is 1. The highest BCUT2D eigenvalue weighted by Crippen LogP contribution is 2.28. The van der Waals surface area contributed by atoms with Crippen LogP contribution in [0.3, 0.4) is 0 Å². The highest BCUT2D eigenvalue weighted by Gasteiger charge is 2.09. The molecule has 8 heteroatoms. The molecule has 0 aliphatic heterocycles. The number of nitrogens with one attached hydrogen (secondary N) is 1. The van der Waals surface area contributed by atoms with Crippen LogP contribution < -0.4 is 20.5 Å². The topological polar surface area (TPSA) is 76.8 Å². The number of nitrogens with two attached hydrogens (primary N) is 1. The second-order valence-corrected chi connectivity index (χ2v) is 5.14. The molecule has 0 aromatic heterocycles. The number of amides is 1. The van der Waals surface area contributed by atoms with E-state index >= 15 is 0 Å². The standard InChI is InChI=1S/C15H25N3O3.2ClH/c1-11(16)15(19)17-10-12-5-6-13(14(9-12)20-4)21-8-7-18(2)3;;/h5-6,9,11H,7-8,10,16H2,1-4H3,(H,17,19);2*1H/t11-;;/m1../s1. The molecule has 0 spiro atoms. The molecule has 0 fully saturated rings. The van der Waals surface area contributed by atoms with Gasteiger partial charge in [-0.3, -0.25) is 4.79 Å². The molecule has 0 aliphatic carbocycles. The van der Waals surface area contributed by atoms with E-state index < -0.39 is 6.04 Å². The van der Waals surface area contributed by atoms with Crippen molar-refractivity contribution in [3.05, 3.63) is 23.8 Å². The minimum absolute atomic E-state index is 0. The van der Waals surface area contributed by atoms with E-state index in [4.69, 9.17) is 15.2 Å². The molecule has 0 aliphatic rings. The zero-order chi connectivity index (χ0) is 15.8. The van der Waals surface area contributed by atoms with Crippen LogP contribution in [0.5, 0.6) is 11.5 Å². The molecule has 1 aromatic carbocycles. The molecule has 0 radical (unpaired) electrons. The van der Waals surface area contributed by atoms with Crippen molar-refractivity contribution in [1.82, 2.24) is 10.2 Å². The summed E-state index contributed by atoms with van der Waals surface area (Å²) in [5, 5.41) is 2.76. The molecule has 1 aromatic rings. The van der Waals surface area contributed by atoms with Crippen LogP contribution in [0.4, 0.5) is 0 Å². The van der Waals surface area contributed by atoms with Crippen LogP contribution in [0, 0.1) is 0 Å². The average molecular weight is 368 g/mol. The lowest BCUT2D eigenvalue weighted by Crippen LogP contribution is -2.37. The second kappa shape index (κ2) is 12.2. The number of ether oxygens (including phenoxy) is 2. The van der Waals surface area contributed by atoms with Gasteiger partial charge in [0, 0.05) is 13.1 Å². The smallest absolute Gasteiger partial charge is 0.236 e. The summed E-state index contributed by atoms with van der Waals surface area (Å²) >= 11 is 0. The summed E-state index contributed by atoms with van der Waals surface area (Å²) in [6.07, 6.45) is 0. The van der Waals surface area contributed by atoms with E-state index in [-0.39, 0.29) is 30.7 Å². The zero-order valence-electron chi connectivity index (χ0n) is 14.0. The Morgan fingerprint density at radius 2 is 1.96 bits per heavy atom. The van der Waals surface area contributed by atoms with E-state index in [9.17, 15) is 4.79 Å². The van der Waals surface area contributed by atoms with E-state index in [1.807, 2.05) is 37.2 Å². The normalized spacial score (nSPS) is 11.0. The molecule has 3 N–H and O–H groups in total. The predicted octanol–water partition coefficient (Wildman–Crippen LogP) is 1.44. The van der Waals surface area contributed by atoms with E-state index in [1.165, 1.54) is 0 Å². The van der Waals surface area contributed by atoms with Crippen molar-refractivity contribution in [2.45, 2.75) is 19.5 Å². The van der Waals surface area contributed by atoms with Crippen molar-refractivity contribution in [1.29, 1.82) is 0 Å². The van der Waals surface area contributed by atoms with Crippen LogP contribution in [0.1, 0.15) is 12.5 Å². The summed E-state index contributed by atoms with van der Waals surface area (Å²) in [5.74, 6) is 1.17. The summed E-state index contributed by atoms with van der Waals surface area (Å²) < 4.78 is 11.0. The van der Waals surface area contributed by atoms with E-state index in [1.54, 1.807) is 14.0 Å². The monoisotopic (exact) mass is 367 g/mol. The molecule has 23 heavy (non-hydrogen) atoms. The first-order valence-corrected chi connectivity index (χ1v) is 6.91. The molecular weight excluding hydrogens is 341 g/mol. The zero-order valence-corrected chi connectivity index (χ0v) is 15.6. The Balaban J connectivity index is 0. The SMILES string of the molecule is COc1cc(CNC(=O)[C@@H](C)N)ccc1OCCN(C)C.Cl.Cl. The number of nitrogens with zero attached hydrogens (tertiary/aromatic N) is 1. The van der Waals surface area contributed by atoms with Gasteiger partial charge in [-0.2, -0.15) is 0 Å². The van der Waals surface area contributed by atoms with Gasteiger partial charge in [-0.05, 0) is 38.7 Å². The van der Waals surface area contributed by atoms with Crippen molar-refractivity contribution in [3.63, 3.8) is 0 Å². The van der Waals surface area contributed by atoms with Gasteiger partial charge in [0.05, 0.1) is 13.2 Å². The van der Waals surface area contributed by atoms with Crippen molar-refractivity contribution in [2.24, 2.45) is 5.73 Å². The van der Waals surface area contributed by atoms with Gasteiger partial charge in [0.15, 0.2) is 11.5 Å². The minimum Gasteiger partial charge on any atom is -0.493 e. The summed E-state index contributed by atoms with van der Waals surface area (Å²) in [6.45, 7) is 3.48. The maximum Gasteiger partial charge on any atom is 0.236 e. The number of hydrogen-bond acceptors (Lipinski definition) is 5. The minimum atomic E-state index is -0.513. The number of hydrogen-bond donors (Lipinski definition) is 2. The van der Waals surface area contributed by atoms with E-state index in [2.05, 4.69) is 5.32 Å². The van der Waals surface area contributed by atoms with Crippen molar-refractivity contribution in [2.75, 3.05) is 34.4 Å². The summed E-state index contributed by atoms with van der Waals surface area (Å²) in [5.41, 5.74) is 6.43. The van der Waals surface area contributed by atoms with Gasteiger partial charge in [-0.25, -0.2) is 0 Å². The first-order valence-electron chi connectivity index (χ1n) is 6.91.